The number of aromatic amines is 2. The maximum Gasteiger partial charge on any atom is 0.200 e. The van der Waals surface area contributed by atoms with Crippen molar-refractivity contribution in [2.45, 2.75) is 0 Å². The molecule has 96 valence electrons. The van der Waals surface area contributed by atoms with Gasteiger partial charge in [-0.15, -0.1) is 0 Å². The zero-order valence-corrected chi connectivity index (χ0v) is 10.8. The number of nitrogen functional groups attached to an aromatic ring is 4. The fourth-order valence-corrected chi connectivity index (χ4v) is 1.44. The zero-order valence-electron chi connectivity index (χ0n) is 9.18. The van der Waals surface area contributed by atoms with Gasteiger partial charge in [0.25, 0.3) is 0 Å². The number of anilines is 4. The average Bonchev–Trinajstić information content (AvgIpc) is 2.12. The summed E-state index contributed by atoms with van der Waals surface area (Å²) in [6.45, 7) is 0. The monoisotopic (exact) mass is 284 g/mol. The maximum atomic E-state index is 5.32. The summed E-state index contributed by atoms with van der Waals surface area (Å²) in [5.41, 5.74) is 21.2. The molecule has 10 N–H and O–H groups in total. The van der Waals surface area contributed by atoms with Crippen LogP contribution in [0.1, 0.15) is 0 Å². The van der Waals surface area contributed by atoms with E-state index in [1.807, 2.05) is 0 Å². The van der Waals surface area contributed by atoms with Gasteiger partial charge in [-0.1, -0.05) is 0 Å². The molecule has 8 nitrogen and oxygen atoms in total. The molecule has 0 atom stereocenters. The molecular formula is C8H12N8S2. The molecule has 0 amide bonds. The first-order chi connectivity index (χ1) is 8.36. The molecule has 0 aliphatic heterocycles. The number of aromatic nitrogens is 4. The van der Waals surface area contributed by atoms with Gasteiger partial charge in [0.2, 0.25) is 0 Å². The first kappa shape index (κ1) is 13.9. The minimum atomic E-state index is 0.313. The molecule has 0 bridgehead atoms. The third kappa shape index (κ3) is 4.76. The minimum Gasteiger partial charge on any atom is -0.385 e. The van der Waals surface area contributed by atoms with Crippen LogP contribution in [0.5, 0.6) is 0 Å². The van der Waals surface area contributed by atoms with Gasteiger partial charge in [-0.3, -0.25) is 0 Å². The Kier molecular flexibility index (Phi) is 4.57. The predicted molar refractivity (Wildman–Crippen MR) is 76.5 cm³/mol. The van der Waals surface area contributed by atoms with Crippen LogP contribution in [-0.4, -0.2) is 19.9 Å². The lowest BCUT2D eigenvalue weighted by atomic mass is 10.5. The minimum absolute atomic E-state index is 0.313. The van der Waals surface area contributed by atoms with Crippen LogP contribution in [0.4, 0.5) is 23.3 Å². The van der Waals surface area contributed by atoms with E-state index in [0.29, 0.717) is 32.8 Å². The first-order valence-corrected chi connectivity index (χ1v) is 5.43. The van der Waals surface area contributed by atoms with Crippen LogP contribution in [0.25, 0.3) is 0 Å². The fourth-order valence-electron chi connectivity index (χ4n) is 0.993. The fraction of sp³-hybridized carbons (Fsp3) is 0. The lowest BCUT2D eigenvalue weighted by Gasteiger charge is -1.92. The summed E-state index contributed by atoms with van der Waals surface area (Å²) in [7, 11) is 0. The molecule has 0 radical (unpaired) electrons. The standard InChI is InChI=1S/2C4H6N4S/c2*5-2-1-3(6)8-4(9)7-2/h2*1H,(H5,5,6,7,8,9). The van der Waals surface area contributed by atoms with E-state index < -0.39 is 0 Å². The SMILES string of the molecule is Nc1cc(N)[nH]c(=S)n1.Nc1cc(N)[nH]c(=S)n1. The number of rotatable bonds is 0. The highest BCUT2D eigenvalue weighted by Gasteiger charge is 1.87. The number of nitrogens with one attached hydrogen (secondary N) is 2. The third-order valence-electron chi connectivity index (χ3n) is 1.57. The molecule has 2 rings (SSSR count). The van der Waals surface area contributed by atoms with Crippen LogP contribution < -0.4 is 22.9 Å². The van der Waals surface area contributed by atoms with Gasteiger partial charge < -0.3 is 32.9 Å². The zero-order chi connectivity index (χ0) is 13.7. The Morgan fingerprint density at radius 1 is 0.778 bits per heavy atom. The Labute approximate surface area is 112 Å². The number of nitrogens with zero attached hydrogens (tertiary/aromatic N) is 2. The number of hydrogen-bond acceptors (Lipinski definition) is 8. The smallest absolute Gasteiger partial charge is 0.200 e. The van der Waals surface area contributed by atoms with Crippen molar-refractivity contribution in [1.82, 2.24) is 19.9 Å². The van der Waals surface area contributed by atoms with Crippen molar-refractivity contribution < 1.29 is 0 Å². The molecule has 2 aromatic heterocycles. The molecule has 0 unspecified atom stereocenters. The maximum absolute atomic E-state index is 5.32. The Morgan fingerprint density at radius 2 is 1.11 bits per heavy atom. The van der Waals surface area contributed by atoms with Gasteiger partial charge in [-0.2, -0.15) is 0 Å². The molecule has 0 fully saturated rings. The van der Waals surface area contributed by atoms with E-state index in [-0.39, 0.29) is 0 Å². The second kappa shape index (κ2) is 5.93. The van der Waals surface area contributed by atoms with E-state index in [4.69, 9.17) is 22.9 Å². The van der Waals surface area contributed by atoms with Crippen LogP contribution in [-0.2, 0) is 0 Å². The van der Waals surface area contributed by atoms with Crippen LogP contribution in [0, 0.1) is 9.54 Å². The van der Waals surface area contributed by atoms with E-state index in [1.54, 1.807) is 0 Å². The van der Waals surface area contributed by atoms with E-state index in [9.17, 15) is 0 Å². The van der Waals surface area contributed by atoms with Gasteiger partial charge in [0, 0.05) is 12.1 Å². The highest BCUT2D eigenvalue weighted by atomic mass is 32.1. The van der Waals surface area contributed by atoms with Crippen molar-refractivity contribution >= 4 is 47.7 Å². The predicted octanol–water partition coefficient (Wildman–Crippen LogP) is 0.607. The van der Waals surface area contributed by atoms with Crippen molar-refractivity contribution in [3.8, 4) is 0 Å². The summed E-state index contributed by atoms with van der Waals surface area (Å²) in [6, 6.07) is 3.02. The highest BCUT2D eigenvalue weighted by Crippen LogP contribution is 2.00. The Balaban J connectivity index is 0.000000180. The van der Waals surface area contributed by atoms with Crippen LogP contribution in [0.3, 0.4) is 0 Å². The normalized spacial score (nSPS) is 9.33. The summed E-state index contributed by atoms with van der Waals surface area (Å²) in [5, 5.41) is 0. The molecule has 0 aliphatic carbocycles. The van der Waals surface area contributed by atoms with E-state index >= 15 is 0 Å². The van der Waals surface area contributed by atoms with E-state index in [0.717, 1.165) is 0 Å². The van der Waals surface area contributed by atoms with Crippen molar-refractivity contribution in [3.63, 3.8) is 0 Å². The molecule has 18 heavy (non-hydrogen) atoms. The van der Waals surface area contributed by atoms with Crippen molar-refractivity contribution in [2.24, 2.45) is 0 Å². The quantitative estimate of drug-likeness (QED) is 0.383. The molecule has 0 saturated heterocycles. The molecule has 2 aromatic rings. The van der Waals surface area contributed by atoms with E-state index in [2.05, 4.69) is 44.4 Å². The number of nitrogens with two attached hydrogens (primary N) is 4. The van der Waals surface area contributed by atoms with Gasteiger partial charge >= 0.3 is 0 Å². The lowest BCUT2D eigenvalue weighted by Crippen LogP contribution is -1.96. The second-order valence-electron chi connectivity index (χ2n) is 3.13. The van der Waals surface area contributed by atoms with Gasteiger partial charge in [0.15, 0.2) is 9.54 Å². The van der Waals surface area contributed by atoms with Gasteiger partial charge in [0.05, 0.1) is 0 Å². The lowest BCUT2D eigenvalue weighted by molar-refractivity contribution is 1.15. The largest absolute Gasteiger partial charge is 0.385 e. The third-order valence-corrected chi connectivity index (χ3v) is 1.96. The van der Waals surface area contributed by atoms with Crippen LogP contribution in [0.2, 0.25) is 0 Å². The molecule has 2 heterocycles. The van der Waals surface area contributed by atoms with Crippen LogP contribution in [0.15, 0.2) is 12.1 Å². The topological polar surface area (TPSA) is 161 Å². The second-order valence-corrected chi connectivity index (χ2v) is 3.91. The van der Waals surface area contributed by atoms with Crippen molar-refractivity contribution in [2.75, 3.05) is 22.9 Å². The van der Waals surface area contributed by atoms with Gasteiger partial charge in [-0.25, -0.2) is 9.97 Å². The Bertz CT molecular complexity index is 542. The van der Waals surface area contributed by atoms with Crippen molar-refractivity contribution in [3.05, 3.63) is 21.7 Å². The summed E-state index contributed by atoms with van der Waals surface area (Å²) < 4.78 is 0.625. The van der Waals surface area contributed by atoms with Crippen molar-refractivity contribution in [1.29, 1.82) is 0 Å². The molecular weight excluding hydrogens is 272 g/mol. The molecule has 0 saturated carbocycles. The molecule has 0 aromatic carbocycles. The number of hydrogen-bond donors (Lipinski definition) is 6. The number of H-pyrrole nitrogens is 2. The summed E-state index contributed by atoms with van der Waals surface area (Å²) in [5.74, 6) is 1.56. The molecule has 0 aliphatic rings. The molecule has 10 heteroatoms. The van der Waals surface area contributed by atoms with E-state index in [1.165, 1.54) is 12.1 Å². The average molecular weight is 284 g/mol. The highest BCUT2D eigenvalue weighted by molar-refractivity contribution is 7.71. The Morgan fingerprint density at radius 3 is 1.33 bits per heavy atom. The first-order valence-electron chi connectivity index (χ1n) is 4.61. The summed E-state index contributed by atoms with van der Waals surface area (Å²) in [4.78, 5) is 12.6. The Hall–Kier alpha value is -2.20. The summed E-state index contributed by atoms with van der Waals surface area (Å²) in [6.07, 6.45) is 0. The summed E-state index contributed by atoms with van der Waals surface area (Å²) >= 11 is 9.32. The van der Waals surface area contributed by atoms with Gasteiger partial charge in [-0.05, 0) is 24.4 Å². The molecule has 0 spiro atoms. The van der Waals surface area contributed by atoms with Gasteiger partial charge in [0.1, 0.15) is 23.3 Å². The van der Waals surface area contributed by atoms with Crippen LogP contribution >= 0.6 is 24.4 Å².